The van der Waals surface area contributed by atoms with Crippen LogP contribution in [0.5, 0.6) is 11.5 Å². The van der Waals surface area contributed by atoms with Crippen LogP contribution < -0.4 is 14.8 Å². The fraction of sp³-hybridized carbons (Fsp3) is 0.364. The second-order valence-electron chi connectivity index (χ2n) is 6.44. The average Bonchev–Trinajstić information content (AvgIpc) is 3.09. The van der Waals surface area contributed by atoms with Gasteiger partial charge in [-0.3, -0.25) is 9.20 Å². The van der Waals surface area contributed by atoms with E-state index >= 15 is 0 Å². The van der Waals surface area contributed by atoms with Gasteiger partial charge in [0, 0.05) is 11.9 Å². The first-order chi connectivity index (χ1) is 13.7. The number of ether oxygens (including phenoxy) is 2. The van der Waals surface area contributed by atoms with E-state index in [1.807, 2.05) is 56.4 Å². The van der Waals surface area contributed by atoms with E-state index in [1.165, 1.54) is 0 Å². The lowest BCUT2D eigenvalue weighted by Crippen LogP contribution is -2.16. The summed E-state index contributed by atoms with van der Waals surface area (Å²) >= 11 is 0. The Morgan fingerprint density at radius 3 is 2.57 bits per heavy atom. The van der Waals surface area contributed by atoms with Gasteiger partial charge in [0.1, 0.15) is 11.4 Å². The SMILES string of the molecule is CCCCOc1ccc(NC(=O)c2c(CC)nc3c(OCC)cccn23)cc1. The second-order valence-corrected chi connectivity index (χ2v) is 6.44. The molecule has 1 N–H and O–H groups in total. The third kappa shape index (κ3) is 4.27. The summed E-state index contributed by atoms with van der Waals surface area (Å²) in [6.45, 7) is 7.29. The number of carbonyl (C=O) groups is 1. The summed E-state index contributed by atoms with van der Waals surface area (Å²) in [5, 5.41) is 2.96. The molecule has 0 aliphatic carbocycles. The topological polar surface area (TPSA) is 64.9 Å². The number of nitrogens with zero attached hydrogens (tertiary/aromatic N) is 2. The predicted molar refractivity (Wildman–Crippen MR) is 111 cm³/mol. The molecule has 0 atom stereocenters. The monoisotopic (exact) mass is 381 g/mol. The number of nitrogens with one attached hydrogen (secondary N) is 1. The smallest absolute Gasteiger partial charge is 0.274 e. The summed E-state index contributed by atoms with van der Waals surface area (Å²) in [6.07, 6.45) is 4.61. The standard InChI is InChI=1S/C22H27N3O3/c1-4-7-15-28-17-12-10-16(11-13-17)23-22(26)20-18(5-2)24-21-19(27-6-3)9-8-14-25(20)21/h8-14H,4-7,15H2,1-3H3,(H,23,26). The molecule has 3 rings (SSSR count). The number of aromatic nitrogens is 2. The van der Waals surface area contributed by atoms with Gasteiger partial charge in [0.25, 0.3) is 5.91 Å². The third-order valence-corrected chi connectivity index (χ3v) is 4.42. The lowest BCUT2D eigenvalue weighted by molar-refractivity contribution is 0.102. The van der Waals surface area contributed by atoms with Crippen LogP contribution in [-0.2, 0) is 6.42 Å². The number of imidazole rings is 1. The Kier molecular flexibility index (Phi) is 6.53. The average molecular weight is 381 g/mol. The van der Waals surface area contributed by atoms with E-state index in [9.17, 15) is 4.79 Å². The van der Waals surface area contributed by atoms with Gasteiger partial charge in [0.05, 0.1) is 18.9 Å². The van der Waals surface area contributed by atoms with Gasteiger partial charge >= 0.3 is 0 Å². The van der Waals surface area contributed by atoms with Gasteiger partial charge in [-0.25, -0.2) is 4.98 Å². The van der Waals surface area contributed by atoms with Crippen LogP contribution in [0.2, 0.25) is 0 Å². The molecule has 2 aromatic heterocycles. The molecule has 28 heavy (non-hydrogen) atoms. The van der Waals surface area contributed by atoms with Crippen LogP contribution in [0.3, 0.4) is 0 Å². The van der Waals surface area contributed by atoms with Crippen molar-refractivity contribution in [2.45, 2.75) is 40.0 Å². The highest BCUT2D eigenvalue weighted by Crippen LogP contribution is 2.24. The summed E-state index contributed by atoms with van der Waals surface area (Å²) in [5.41, 5.74) is 2.64. The molecule has 0 spiro atoms. The van der Waals surface area contributed by atoms with Crippen LogP contribution in [0.15, 0.2) is 42.6 Å². The number of rotatable bonds is 9. The van der Waals surface area contributed by atoms with Crippen LogP contribution in [0.1, 0.15) is 49.8 Å². The fourth-order valence-corrected chi connectivity index (χ4v) is 3.00. The third-order valence-electron chi connectivity index (χ3n) is 4.42. The molecule has 0 aliphatic rings. The number of anilines is 1. The minimum atomic E-state index is -0.197. The molecule has 2 heterocycles. The number of hydrogen-bond donors (Lipinski definition) is 1. The van der Waals surface area contributed by atoms with Crippen molar-refractivity contribution in [1.29, 1.82) is 0 Å². The minimum absolute atomic E-state index is 0.197. The molecule has 0 unspecified atom stereocenters. The van der Waals surface area contributed by atoms with Crippen molar-refractivity contribution in [3.8, 4) is 11.5 Å². The second kappa shape index (κ2) is 9.26. The van der Waals surface area contributed by atoms with Crippen molar-refractivity contribution in [3.63, 3.8) is 0 Å². The van der Waals surface area contributed by atoms with Crippen molar-refractivity contribution < 1.29 is 14.3 Å². The van der Waals surface area contributed by atoms with Crippen molar-refractivity contribution in [3.05, 3.63) is 54.0 Å². The maximum absolute atomic E-state index is 13.0. The quantitative estimate of drug-likeness (QED) is 0.544. The zero-order chi connectivity index (χ0) is 19.9. The summed E-state index contributed by atoms with van der Waals surface area (Å²) in [7, 11) is 0. The van der Waals surface area contributed by atoms with Crippen LogP contribution in [0.4, 0.5) is 5.69 Å². The normalized spacial score (nSPS) is 10.8. The van der Waals surface area contributed by atoms with Gasteiger partial charge in [-0.15, -0.1) is 0 Å². The highest BCUT2D eigenvalue weighted by Gasteiger charge is 2.20. The van der Waals surface area contributed by atoms with Crippen LogP contribution in [-0.4, -0.2) is 28.5 Å². The van der Waals surface area contributed by atoms with E-state index in [0.29, 0.717) is 42.4 Å². The Balaban J connectivity index is 1.82. The minimum Gasteiger partial charge on any atom is -0.494 e. The maximum atomic E-state index is 13.0. The predicted octanol–water partition coefficient (Wildman–Crippen LogP) is 4.73. The van der Waals surface area contributed by atoms with E-state index in [4.69, 9.17) is 9.47 Å². The number of carbonyl (C=O) groups excluding carboxylic acids is 1. The summed E-state index contributed by atoms with van der Waals surface area (Å²) in [5.74, 6) is 1.28. The molecule has 3 aromatic rings. The molecule has 148 valence electrons. The zero-order valence-corrected chi connectivity index (χ0v) is 16.7. The first kappa shape index (κ1) is 19.7. The summed E-state index contributed by atoms with van der Waals surface area (Å²) in [4.78, 5) is 17.6. The molecule has 0 saturated heterocycles. The van der Waals surface area contributed by atoms with Gasteiger partial charge in [-0.1, -0.05) is 20.3 Å². The van der Waals surface area contributed by atoms with Crippen molar-refractivity contribution >= 4 is 17.2 Å². The largest absolute Gasteiger partial charge is 0.494 e. The Labute approximate surface area is 165 Å². The Morgan fingerprint density at radius 2 is 1.89 bits per heavy atom. The van der Waals surface area contributed by atoms with Gasteiger partial charge < -0.3 is 14.8 Å². The van der Waals surface area contributed by atoms with Crippen LogP contribution in [0.25, 0.3) is 5.65 Å². The summed E-state index contributed by atoms with van der Waals surface area (Å²) in [6, 6.07) is 11.2. The van der Waals surface area contributed by atoms with Crippen molar-refractivity contribution in [2.75, 3.05) is 18.5 Å². The van der Waals surface area contributed by atoms with Crippen LogP contribution in [0, 0.1) is 0 Å². The number of benzene rings is 1. The van der Waals surface area contributed by atoms with Gasteiger partial charge in [0.15, 0.2) is 11.4 Å². The molecular weight excluding hydrogens is 354 g/mol. The number of aryl methyl sites for hydroxylation is 1. The fourth-order valence-electron chi connectivity index (χ4n) is 3.00. The number of pyridine rings is 1. The number of hydrogen-bond acceptors (Lipinski definition) is 4. The lowest BCUT2D eigenvalue weighted by atomic mass is 10.2. The highest BCUT2D eigenvalue weighted by atomic mass is 16.5. The van der Waals surface area contributed by atoms with E-state index in [-0.39, 0.29) is 5.91 Å². The van der Waals surface area contributed by atoms with E-state index < -0.39 is 0 Å². The summed E-state index contributed by atoms with van der Waals surface area (Å²) < 4.78 is 13.1. The number of amides is 1. The molecule has 6 heteroatoms. The Morgan fingerprint density at radius 1 is 1.11 bits per heavy atom. The molecule has 0 bridgehead atoms. The number of fused-ring (bicyclic) bond motifs is 1. The molecule has 0 fully saturated rings. The Bertz CT molecular complexity index is 932. The molecular formula is C22H27N3O3. The van der Waals surface area contributed by atoms with Crippen LogP contribution >= 0.6 is 0 Å². The molecule has 6 nitrogen and oxygen atoms in total. The van der Waals surface area contributed by atoms with Gasteiger partial charge in [0.2, 0.25) is 0 Å². The zero-order valence-electron chi connectivity index (χ0n) is 16.7. The number of unbranched alkanes of at least 4 members (excludes halogenated alkanes) is 1. The van der Waals surface area contributed by atoms with E-state index in [2.05, 4.69) is 17.2 Å². The molecule has 1 aromatic carbocycles. The van der Waals surface area contributed by atoms with Crippen molar-refractivity contribution in [2.24, 2.45) is 0 Å². The van der Waals surface area contributed by atoms with Crippen molar-refractivity contribution in [1.82, 2.24) is 9.38 Å². The highest BCUT2D eigenvalue weighted by molar-refractivity contribution is 6.04. The molecule has 0 aliphatic heterocycles. The molecule has 1 amide bonds. The maximum Gasteiger partial charge on any atom is 0.274 e. The van der Waals surface area contributed by atoms with Gasteiger partial charge in [-0.2, -0.15) is 0 Å². The first-order valence-corrected chi connectivity index (χ1v) is 9.84. The molecule has 0 radical (unpaired) electrons. The first-order valence-electron chi connectivity index (χ1n) is 9.84. The van der Waals surface area contributed by atoms with Gasteiger partial charge in [-0.05, 0) is 56.2 Å². The Hall–Kier alpha value is -3.02. The van der Waals surface area contributed by atoms with E-state index in [1.54, 1.807) is 4.40 Å². The molecule has 0 saturated carbocycles. The van der Waals surface area contributed by atoms with E-state index in [0.717, 1.165) is 24.3 Å². The lowest BCUT2D eigenvalue weighted by Gasteiger charge is -2.09.